The van der Waals surface area contributed by atoms with Crippen molar-refractivity contribution >= 4 is 37.6 Å². The van der Waals surface area contributed by atoms with E-state index in [1.54, 1.807) is 18.2 Å². The smallest absolute Gasteiger partial charge is 0.194 e. The molecular weight excluding hydrogens is 391 g/mol. The molecule has 0 atom stereocenters. The van der Waals surface area contributed by atoms with E-state index in [4.69, 9.17) is 4.74 Å². The van der Waals surface area contributed by atoms with Gasteiger partial charge in [0.2, 0.25) is 0 Å². The molecule has 0 aliphatic carbocycles. The van der Waals surface area contributed by atoms with E-state index >= 15 is 0 Å². The molecule has 0 amide bonds. The standard InChI is InChI=1S/C15H11Br2FO2/c1-2-20-14-6-3-9(7-13(14)17)15(19)11-8-10(18)4-5-12(11)16/h3-8H,2H2,1H3. The summed E-state index contributed by atoms with van der Waals surface area (Å²) in [6.45, 7) is 2.43. The van der Waals surface area contributed by atoms with E-state index in [9.17, 15) is 9.18 Å². The highest BCUT2D eigenvalue weighted by Crippen LogP contribution is 2.28. The summed E-state index contributed by atoms with van der Waals surface area (Å²) >= 11 is 6.62. The second-order valence-corrected chi connectivity index (χ2v) is 5.74. The van der Waals surface area contributed by atoms with Crippen molar-refractivity contribution in [3.8, 4) is 5.75 Å². The molecule has 0 aliphatic rings. The zero-order valence-corrected chi connectivity index (χ0v) is 13.8. The number of hydrogen-bond acceptors (Lipinski definition) is 2. The van der Waals surface area contributed by atoms with Crippen molar-refractivity contribution in [3.05, 3.63) is 62.3 Å². The zero-order valence-electron chi connectivity index (χ0n) is 10.6. The minimum absolute atomic E-state index is 0.250. The van der Waals surface area contributed by atoms with E-state index in [-0.39, 0.29) is 5.78 Å². The van der Waals surface area contributed by atoms with Gasteiger partial charge in [-0.2, -0.15) is 0 Å². The van der Waals surface area contributed by atoms with Crippen LogP contribution in [0.15, 0.2) is 45.3 Å². The molecule has 0 spiro atoms. The van der Waals surface area contributed by atoms with Gasteiger partial charge in [-0.05, 0) is 59.3 Å². The molecule has 2 rings (SSSR count). The number of carbonyl (C=O) groups is 1. The van der Waals surface area contributed by atoms with Gasteiger partial charge in [-0.15, -0.1) is 0 Å². The van der Waals surface area contributed by atoms with E-state index < -0.39 is 5.82 Å². The molecule has 0 heterocycles. The van der Waals surface area contributed by atoms with Crippen LogP contribution in [0.3, 0.4) is 0 Å². The molecule has 0 radical (unpaired) electrons. The molecule has 0 aliphatic heterocycles. The molecule has 2 nitrogen and oxygen atoms in total. The third-order valence-corrected chi connectivity index (χ3v) is 3.98. The Hall–Kier alpha value is -1.20. The van der Waals surface area contributed by atoms with E-state index in [0.29, 0.717) is 32.4 Å². The molecule has 0 saturated heterocycles. The van der Waals surface area contributed by atoms with Crippen LogP contribution in [-0.4, -0.2) is 12.4 Å². The number of hydrogen-bond donors (Lipinski definition) is 0. The normalized spacial score (nSPS) is 10.4. The monoisotopic (exact) mass is 400 g/mol. The molecule has 0 bridgehead atoms. The van der Waals surface area contributed by atoms with Crippen LogP contribution in [-0.2, 0) is 0 Å². The SMILES string of the molecule is CCOc1ccc(C(=O)c2cc(F)ccc2Br)cc1Br. The Morgan fingerprint density at radius 2 is 1.90 bits per heavy atom. The molecule has 0 unspecified atom stereocenters. The van der Waals surface area contributed by atoms with Gasteiger partial charge >= 0.3 is 0 Å². The number of ketones is 1. The number of ether oxygens (including phenoxy) is 1. The molecule has 0 saturated carbocycles. The average molecular weight is 402 g/mol. The first kappa shape index (κ1) is 15.2. The second kappa shape index (κ2) is 6.50. The molecule has 5 heteroatoms. The molecule has 0 aromatic heterocycles. The summed E-state index contributed by atoms with van der Waals surface area (Å²) in [4.78, 5) is 12.4. The summed E-state index contributed by atoms with van der Waals surface area (Å²) in [6, 6.07) is 9.09. The molecule has 0 N–H and O–H groups in total. The minimum atomic E-state index is -0.443. The first-order valence-electron chi connectivity index (χ1n) is 5.95. The lowest BCUT2D eigenvalue weighted by Crippen LogP contribution is -2.03. The largest absolute Gasteiger partial charge is 0.493 e. The fourth-order valence-corrected chi connectivity index (χ4v) is 2.66. The van der Waals surface area contributed by atoms with E-state index in [0.717, 1.165) is 0 Å². The summed E-state index contributed by atoms with van der Waals surface area (Å²) < 4.78 is 19.9. The Morgan fingerprint density at radius 3 is 2.55 bits per heavy atom. The van der Waals surface area contributed by atoms with Gasteiger partial charge in [0.05, 0.1) is 11.1 Å². The van der Waals surface area contributed by atoms with Gasteiger partial charge in [0.15, 0.2) is 5.78 Å². The van der Waals surface area contributed by atoms with Gasteiger partial charge in [0, 0.05) is 15.6 Å². The van der Waals surface area contributed by atoms with Crippen LogP contribution in [0.5, 0.6) is 5.75 Å². The quantitative estimate of drug-likeness (QED) is 0.675. The van der Waals surface area contributed by atoms with Crippen molar-refractivity contribution in [2.75, 3.05) is 6.61 Å². The number of carbonyl (C=O) groups excluding carboxylic acids is 1. The van der Waals surface area contributed by atoms with E-state index in [2.05, 4.69) is 31.9 Å². The summed E-state index contributed by atoms with van der Waals surface area (Å²) in [6.07, 6.45) is 0. The maximum absolute atomic E-state index is 13.3. The van der Waals surface area contributed by atoms with Gasteiger partial charge in [0.25, 0.3) is 0 Å². The van der Waals surface area contributed by atoms with Gasteiger partial charge in [-0.25, -0.2) is 4.39 Å². The number of rotatable bonds is 4. The van der Waals surface area contributed by atoms with Gasteiger partial charge in [0.1, 0.15) is 11.6 Å². The topological polar surface area (TPSA) is 26.3 Å². The van der Waals surface area contributed by atoms with E-state index in [1.165, 1.54) is 18.2 Å². The first-order chi connectivity index (χ1) is 9.52. The van der Waals surface area contributed by atoms with Crippen molar-refractivity contribution in [3.63, 3.8) is 0 Å². The van der Waals surface area contributed by atoms with Gasteiger partial charge < -0.3 is 4.74 Å². The zero-order chi connectivity index (χ0) is 14.7. The van der Waals surface area contributed by atoms with Crippen molar-refractivity contribution in [1.29, 1.82) is 0 Å². The minimum Gasteiger partial charge on any atom is -0.493 e. The van der Waals surface area contributed by atoms with Crippen LogP contribution in [0, 0.1) is 5.82 Å². The second-order valence-electron chi connectivity index (χ2n) is 4.03. The summed E-state index contributed by atoms with van der Waals surface area (Å²) in [5.41, 5.74) is 0.757. The highest BCUT2D eigenvalue weighted by molar-refractivity contribution is 9.10. The molecule has 20 heavy (non-hydrogen) atoms. The van der Waals surface area contributed by atoms with Crippen molar-refractivity contribution in [2.24, 2.45) is 0 Å². The Kier molecular flexibility index (Phi) is 4.94. The average Bonchev–Trinajstić information content (AvgIpc) is 2.43. The predicted molar refractivity (Wildman–Crippen MR) is 82.8 cm³/mol. The van der Waals surface area contributed by atoms with Crippen LogP contribution in [0.2, 0.25) is 0 Å². The third kappa shape index (κ3) is 3.27. The lowest BCUT2D eigenvalue weighted by atomic mass is 10.0. The molecule has 2 aromatic carbocycles. The maximum Gasteiger partial charge on any atom is 0.194 e. The van der Waals surface area contributed by atoms with Crippen molar-refractivity contribution in [1.82, 2.24) is 0 Å². The van der Waals surface area contributed by atoms with Gasteiger partial charge in [-0.3, -0.25) is 4.79 Å². The fourth-order valence-electron chi connectivity index (χ4n) is 1.74. The molecular formula is C15H11Br2FO2. The number of benzene rings is 2. The lowest BCUT2D eigenvalue weighted by molar-refractivity contribution is 0.103. The summed E-state index contributed by atoms with van der Waals surface area (Å²) in [7, 11) is 0. The predicted octanol–water partition coefficient (Wildman–Crippen LogP) is 4.98. The Morgan fingerprint density at radius 1 is 1.15 bits per heavy atom. The summed E-state index contributed by atoms with van der Waals surface area (Å²) in [5, 5.41) is 0. The van der Waals surface area contributed by atoms with Crippen LogP contribution >= 0.6 is 31.9 Å². The Bertz CT molecular complexity index is 656. The summed E-state index contributed by atoms with van der Waals surface area (Å²) in [5.74, 6) is -0.0240. The Labute approximate surface area is 133 Å². The van der Waals surface area contributed by atoms with Crippen molar-refractivity contribution < 1.29 is 13.9 Å². The molecule has 0 fully saturated rings. The van der Waals surface area contributed by atoms with Crippen molar-refractivity contribution in [2.45, 2.75) is 6.92 Å². The van der Waals surface area contributed by atoms with Gasteiger partial charge in [-0.1, -0.05) is 15.9 Å². The van der Waals surface area contributed by atoms with Crippen LogP contribution in [0.1, 0.15) is 22.8 Å². The maximum atomic E-state index is 13.3. The lowest BCUT2D eigenvalue weighted by Gasteiger charge is -2.08. The Balaban J connectivity index is 2.38. The fraction of sp³-hybridized carbons (Fsp3) is 0.133. The highest BCUT2D eigenvalue weighted by atomic mass is 79.9. The van der Waals surface area contributed by atoms with Crippen LogP contribution in [0.4, 0.5) is 4.39 Å². The third-order valence-electron chi connectivity index (χ3n) is 2.67. The van der Waals surface area contributed by atoms with E-state index in [1.807, 2.05) is 6.92 Å². The van der Waals surface area contributed by atoms with Crippen LogP contribution < -0.4 is 4.74 Å². The first-order valence-corrected chi connectivity index (χ1v) is 7.53. The highest BCUT2D eigenvalue weighted by Gasteiger charge is 2.15. The van der Waals surface area contributed by atoms with Crippen LogP contribution in [0.25, 0.3) is 0 Å². The number of halogens is 3. The molecule has 2 aromatic rings. The molecule has 104 valence electrons.